The summed E-state index contributed by atoms with van der Waals surface area (Å²) in [6, 6.07) is 6.92. The van der Waals surface area contributed by atoms with Gasteiger partial charge in [-0.2, -0.15) is 0 Å². The van der Waals surface area contributed by atoms with E-state index in [1.807, 2.05) is 0 Å². The van der Waals surface area contributed by atoms with Crippen LogP contribution in [0.15, 0.2) is 18.2 Å². The normalized spacial score (nSPS) is 18.1. The number of pyridine rings is 1. The molecule has 0 amide bonds. The van der Waals surface area contributed by atoms with Crippen LogP contribution in [0.1, 0.15) is 55.3 Å². The largest absolute Gasteiger partial charge is 0.384 e. The lowest BCUT2D eigenvalue weighted by atomic mass is 9.92. The molecule has 1 saturated carbocycles. The minimum Gasteiger partial charge on any atom is -0.384 e. The molecule has 0 aliphatic heterocycles. The molecule has 0 atom stereocenters. The molecule has 0 saturated heterocycles. The van der Waals surface area contributed by atoms with Gasteiger partial charge in [-0.1, -0.05) is 6.07 Å². The fourth-order valence-electron chi connectivity index (χ4n) is 3.49. The van der Waals surface area contributed by atoms with Crippen LogP contribution in [0, 0.1) is 0 Å². The maximum absolute atomic E-state index is 4.94. The van der Waals surface area contributed by atoms with Crippen molar-refractivity contribution in [1.29, 1.82) is 0 Å². The van der Waals surface area contributed by atoms with Crippen LogP contribution in [0.2, 0.25) is 0 Å². The molecule has 0 unspecified atom stereocenters. The number of benzene rings is 1. The predicted molar refractivity (Wildman–Crippen MR) is 84.5 cm³/mol. The second kappa shape index (κ2) is 4.76. The molecular formula is C18H22N2. The smallest absolute Gasteiger partial charge is 0.0726 e. The molecule has 1 aromatic carbocycles. The van der Waals surface area contributed by atoms with Crippen LogP contribution in [0.3, 0.4) is 0 Å². The predicted octanol–water partition coefficient (Wildman–Crippen LogP) is 4.42. The fourth-order valence-corrected chi connectivity index (χ4v) is 3.49. The van der Waals surface area contributed by atoms with E-state index in [-0.39, 0.29) is 0 Å². The van der Waals surface area contributed by atoms with Gasteiger partial charge in [-0.3, -0.25) is 4.98 Å². The van der Waals surface area contributed by atoms with Gasteiger partial charge in [-0.25, -0.2) is 0 Å². The number of aromatic nitrogens is 1. The summed E-state index contributed by atoms with van der Waals surface area (Å²) in [6.07, 6.45) is 7.65. The second-order valence-electron chi connectivity index (χ2n) is 6.20. The quantitative estimate of drug-likeness (QED) is 0.889. The molecule has 2 nitrogen and oxygen atoms in total. The second-order valence-corrected chi connectivity index (χ2v) is 6.20. The molecule has 104 valence electrons. The van der Waals surface area contributed by atoms with Gasteiger partial charge < -0.3 is 5.32 Å². The molecule has 0 spiro atoms. The van der Waals surface area contributed by atoms with E-state index in [4.69, 9.17) is 4.98 Å². The van der Waals surface area contributed by atoms with E-state index < -0.39 is 0 Å². The van der Waals surface area contributed by atoms with E-state index in [1.54, 1.807) is 0 Å². The average molecular weight is 266 g/mol. The van der Waals surface area contributed by atoms with Crippen LogP contribution < -0.4 is 5.32 Å². The van der Waals surface area contributed by atoms with E-state index >= 15 is 0 Å². The molecular weight excluding hydrogens is 244 g/mol. The Labute approximate surface area is 120 Å². The summed E-state index contributed by atoms with van der Waals surface area (Å²) in [4.78, 5) is 4.94. The van der Waals surface area contributed by atoms with Crippen LogP contribution in [0.25, 0.3) is 10.9 Å². The Morgan fingerprint density at radius 2 is 2.05 bits per heavy atom. The van der Waals surface area contributed by atoms with Crippen LogP contribution in [0.5, 0.6) is 0 Å². The van der Waals surface area contributed by atoms with Gasteiger partial charge in [0.1, 0.15) is 0 Å². The van der Waals surface area contributed by atoms with Crippen molar-refractivity contribution in [2.45, 2.75) is 51.4 Å². The Balaban J connectivity index is 1.94. The molecule has 1 N–H and O–H groups in total. The summed E-state index contributed by atoms with van der Waals surface area (Å²) in [7, 11) is 0. The monoisotopic (exact) mass is 266 g/mol. The Bertz CT molecular complexity index is 656. The number of hydrogen-bond donors (Lipinski definition) is 1. The molecule has 1 heterocycles. The van der Waals surface area contributed by atoms with E-state index in [9.17, 15) is 0 Å². The standard InChI is InChI=1S/C18H22N2/c1-2-19-18-14-5-3-4-6-16(14)20-17-10-9-13(11-15(17)18)12-7-8-12/h9-12H,2-8H2,1H3,(H,19,20). The first kappa shape index (κ1) is 12.2. The maximum atomic E-state index is 4.94. The Morgan fingerprint density at radius 3 is 2.85 bits per heavy atom. The molecule has 1 fully saturated rings. The number of anilines is 1. The van der Waals surface area contributed by atoms with Gasteiger partial charge >= 0.3 is 0 Å². The molecule has 0 radical (unpaired) electrons. The first-order valence-electron chi connectivity index (χ1n) is 8.06. The molecule has 2 heteroatoms. The van der Waals surface area contributed by atoms with Gasteiger partial charge in [0, 0.05) is 23.3 Å². The summed E-state index contributed by atoms with van der Waals surface area (Å²) < 4.78 is 0. The van der Waals surface area contributed by atoms with Crippen molar-refractivity contribution in [2.24, 2.45) is 0 Å². The zero-order valence-electron chi connectivity index (χ0n) is 12.2. The van der Waals surface area contributed by atoms with Crippen molar-refractivity contribution in [1.82, 2.24) is 4.98 Å². The van der Waals surface area contributed by atoms with Gasteiger partial charge in [0.15, 0.2) is 0 Å². The van der Waals surface area contributed by atoms with Gasteiger partial charge in [0.2, 0.25) is 0 Å². The van der Waals surface area contributed by atoms with E-state index in [1.165, 1.54) is 65.5 Å². The Kier molecular flexibility index (Phi) is 2.90. The lowest BCUT2D eigenvalue weighted by molar-refractivity contribution is 0.672. The van der Waals surface area contributed by atoms with Crippen molar-refractivity contribution >= 4 is 16.6 Å². The Morgan fingerprint density at radius 1 is 1.20 bits per heavy atom. The fraction of sp³-hybridized carbons (Fsp3) is 0.500. The number of rotatable bonds is 3. The highest BCUT2D eigenvalue weighted by atomic mass is 14.9. The first-order valence-corrected chi connectivity index (χ1v) is 8.06. The minimum atomic E-state index is 0.810. The highest BCUT2D eigenvalue weighted by Crippen LogP contribution is 2.42. The van der Waals surface area contributed by atoms with Gasteiger partial charge in [0.05, 0.1) is 5.52 Å². The van der Waals surface area contributed by atoms with Crippen LogP contribution >= 0.6 is 0 Å². The van der Waals surface area contributed by atoms with Crippen LogP contribution in [-0.2, 0) is 12.8 Å². The van der Waals surface area contributed by atoms with Crippen molar-refractivity contribution in [3.05, 3.63) is 35.0 Å². The maximum Gasteiger partial charge on any atom is 0.0726 e. The summed E-state index contributed by atoms with van der Waals surface area (Å²) in [6.45, 7) is 3.17. The SMILES string of the molecule is CCNc1c2c(nc3ccc(C4CC4)cc13)CCCC2. The van der Waals surface area contributed by atoms with E-state index in [2.05, 4.69) is 30.4 Å². The molecule has 2 aliphatic carbocycles. The summed E-state index contributed by atoms with van der Waals surface area (Å²) >= 11 is 0. The highest BCUT2D eigenvalue weighted by Gasteiger charge is 2.25. The number of fused-ring (bicyclic) bond motifs is 2. The molecule has 0 bridgehead atoms. The van der Waals surface area contributed by atoms with Crippen molar-refractivity contribution in [3.63, 3.8) is 0 Å². The lowest BCUT2D eigenvalue weighted by Gasteiger charge is -2.21. The number of nitrogens with one attached hydrogen (secondary N) is 1. The van der Waals surface area contributed by atoms with Gasteiger partial charge in [0.25, 0.3) is 0 Å². The average Bonchev–Trinajstić information content (AvgIpc) is 3.31. The van der Waals surface area contributed by atoms with Crippen molar-refractivity contribution in [2.75, 3.05) is 11.9 Å². The zero-order chi connectivity index (χ0) is 13.5. The number of aryl methyl sites for hydroxylation is 1. The van der Waals surface area contributed by atoms with Gasteiger partial charge in [-0.05, 0) is 74.6 Å². The third kappa shape index (κ3) is 1.98. The molecule has 4 rings (SSSR count). The number of hydrogen-bond acceptors (Lipinski definition) is 2. The Hall–Kier alpha value is -1.57. The third-order valence-corrected chi connectivity index (χ3v) is 4.69. The summed E-state index contributed by atoms with van der Waals surface area (Å²) in [5, 5.41) is 4.97. The first-order chi connectivity index (χ1) is 9.86. The van der Waals surface area contributed by atoms with Gasteiger partial charge in [-0.15, -0.1) is 0 Å². The topological polar surface area (TPSA) is 24.9 Å². The summed E-state index contributed by atoms with van der Waals surface area (Å²) in [5.41, 5.74) is 6.87. The van der Waals surface area contributed by atoms with Crippen molar-refractivity contribution < 1.29 is 0 Å². The highest BCUT2D eigenvalue weighted by molar-refractivity contribution is 5.94. The van der Waals surface area contributed by atoms with E-state index in [0.717, 1.165) is 18.9 Å². The zero-order valence-corrected chi connectivity index (χ0v) is 12.2. The lowest BCUT2D eigenvalue weighted by Crippen LogP contribution is -2.11. The molecule has 20 heavy (non-hydrogen) atoms. The van der Waals surface area contributed by atoms with E-state index in [0.29, 0.717) is 0 Å². The summed E-state index contributed by atoms with van der Waals surface area (Å²) in [5.74, 6) is 0.810. The molecule has 1 aromatic heterocycles. The molecule has 2 aromatic rings. The molecule has 2 aliphatic rings. The van der Waals surface area contributed by atoms with Crippen molar-refractivity contribution in [3.8, 4) is 0 Å². The number of nitrogens with zero attached hydrogens (tertiary/aromatic N) is 1. The van der Waals surface area contributed by atoms with Crippen LogP contribution in [-0.4, -0.2) is 11.5 Å². The minimum absolute atomic E-state index is 0.810. The van der Waals surface area contributed by atoms with Crippen LogP contribution in [0.4, 0.5) is 5.69 Å². The third-order valence-electron chi connectivity index (χ3n) is 4.69.